The van der Waals surface area contributed by atoms with Gasteiger partial charge in [-0.2, -0.15) is 0 Å². The first kappa shape index (κ1) is 26.3. The molecule has 4 nitrogen and oxygen atoms in total. The maximum Gasteiger partial charge on any atom is 0.207 e. The number of rotatable bonds is 8. The summed E-state index contributed by atoms with van der Waals surface area (Å²) in [7, 11) is 4.30. The summed E-state index contributed by atoms with van der Waals surface area (Å²) >= 11 is 0. The van der Waals surface area contributed by atoms with E-state index < -0.39 is 0 Å². The summed E-state index contributed by atoms with van der Waals surface area (Å²) < 4.78 is 0. The molecule has 2 aromatic rings. The first-order chi connectivity index (χ1) is 14.9. The molecule has 2 aromatic carbocycles. The van der Waals surface area contributed by atoms with Crippen molar-refractivity contribution in [1.82, 2.24) is 10.2 Å². The van der Waals surface area contributed by atoms with Gasteiger partial charge in [-0.1, -0.05) is 87.9 Å². The third kappa shape index (κ3) is 8.50. The van der Waals surface area contributed by atoms with Gasteiger partial charge in [-0.25, -0.2) is 0 Å². The van der Waals surface area contributed by atoms with E-state index in [9.17, 15) is 9.59 Å². The van der Waals surface area contributed by atoms with Crippen molar-refractivity contribution in [2.24, 2.45) is 5.92 Å². The summed E-state index contributed by atoms with van der Waals surface area (Å²) in [6.45, 7) is 9.84. The second-order valence-electron chi connectivity index (χ2n) is 7.85. The van der Waals surface area contributed by atoms with Crippen molar-refractivity contribution in [3.63, 3.8) is 0 Å². The molecule has 0 spiro atoms. The third-order valence-corrected chi connectivity index (χ3v) is 4.97. The zero-order valence-corrected chi connectivity index (χ0v) is 19.9. The zero-order chi connectivity index (χ0) is 23.2. The molecule has 0 saturated heterocycles. The van der Waals surface area contributed by atoms with Gasteiger partial charge in [0, 0.05) is 12.1 Å². The molecule has 0 fully saturated rings. The van der Waals surface area contributed by atoms with Crippen LogP contribution in [0.4, 0.5) is 0 Å². The maximum absolute atomic E-state index is 11.2. The third-order valence-electron chi connectivity index (χ3n) is 4.97. The molecule has 0 aliphatic heterocycles. The van der Waals surface area contributed by atoms with E-state index in [2.05, 4.69) is 62.4 Å². The SMILES string of the molecule is CC.CC(C)C1=C(CCN(C)C)Cc2ccccc21.O=CNCC(=O)c1ccccc1. The lowest BCUT2D eigenvalue weighted by molar-refractivity contribution is -0.109. The molecule has 0 unspecified atom stereocenters. The zero-order valence-electron chi connectivity index (χ0n) is 19.9. The second-order valence-corrected chi connectivity index (χ2v) is 7.85. The normalized spacial score (nSPS) is 11.9. The van der Waals surface area contributed by atoms with Crippen molar-refractivity contribution in [1.29, 1.82) is 0 Å². The van der Waals surface area contributed by atoms with Gasteiger partial charge in [0.1, 0.15) is 0 Å². The van der Waals surface area contributed by atoms with E-state index in [-0.39, 0.29) is 12.3 Å². The molecule has 31 heavy (non-hydrogen) atoms. The van der Waals surface area contributed by atoms with Crippen molar-refractivity contribution < 1.29 is 9.59 Å². The fourth-order valence-electron chi connectivity index (χ4n) is 3.61. The highest BCUT2D eigenvalue weighted by atomic mass is 16.1. The van der Waals surface area contributed by atoms with Crippen LogP contribution in [0.15, 0.2) is 60.2 Å². The molecule has 1 aliphatic rings. The van der Waals surface area contributed by atoms with Gasteiger partial charge in [0.15, 0.2) is 5.78 Å². The van der Waals surface area contributed by atoms with Gasteiger partial charge in [-0.05, 0) is 49.6 Å². The van der Waals surface area contributed by atoms with E-state index in [0.29, 0.717) is 17.9 Å². The van der Waals surface area contributed by atoms with E-state index in [4.69, 9.17) is 0 Å². The standard InChI is InChI=1S/C16H23N.C9H9NO2.C2H6/c1-12(2)16-14(9-10-17(3)4)11-13-7-5-6-8-15(13)16;11-7-10-6-9(12)8-4-2-1-3-5-8;1-2/h5-8,12H,9-11H2,1-4H3;1-5,7H,6H2,(H,10,11);1-2H3. The molecule has 1 N–H and O–H groups in total. The first-order valence-corrected chi connectivity index (χ1v) is 11.1. The number of amides is 1. The van der Waals surface area contributed by atoms with Gasteiger partial charge in [-0.15, -0.1) is 0 Å². The van der Waals surface area contributed by atoms with Crippen molar-refractivity contribution in [3.05, 3.63) is 76.9 Å². The van der Waals surface area contributed by atoms with Gasteiger partial charge in [0.25, 0.3) is 0 Å². The lowest BCUT2D eigenvalue weighted by Gasteiger charge is -2.14. The number of fused-ring (bicyclic) bond motifs is 1. The van der Waals surface area contributed by atoms with Gasteiger partial charge in [-0.3, -0.25) is 9.59 Å². The Balaban J connectivity index is 0.000000303. The fourth-order valence-corrected chi connectivity index (χ4v) is 3.61. The Bertz CT molecular complexity index is 839. The van der Waals surface area contributed by atoms with Crippen LogP contribution in [0.2, 0.25) is 0 Å². The minimum atomic E-state index is -0.0808. The molecular formula is C27H38N2O2. The Morgan fingerprint density at radius 1 is 1.03 bits per heavy atom. The molecule has 3 rings (SSSR count). The van der Waals surface area contributed by atoms with Crippen LogP contribution in [0.1, 0.15) is 55.6 Å². The molecule has 4 heteroatoms. The van der Waals surface area contributed by atoms with Crippen LogP contribution in [-0.2, 0) is 11.2 Å². The number of Topliss-reactive ketones (excluding diaryl/α,β-unsaturated/α-hetero) is 1. The number of nitrogens with zero attached hydrogens (tertiary/aromatic N) is 1. The monoisotopic (exact) mass is 422 g/mol. The number of benzene rings is 2. The molecule has 168 valence electrons. The highest BCUT2D eigenvalue weighted by Gasteiger charge is 2.22. The Kier molecular flexibility index (Phi) is 12.2. The molecule has 0 heterocycles. The molecule has 0 radical (unpaired) electrons. The second kappa shape index (κ2) is 14.3. The Labute approximate surface area is 188 Å². The number of hydrogen-bond donors (Lipinski definition) is 1. The highest BCUT2D eigenvalue weighted by Crippen LogP contribution is 2.38. The Morgan fingerprint density at radius 2 is 1.65 bits per heavy atom. The largest absolute Gasteiger partial charge is 0.351 e. The number of carbonyl (C=O) groups excluding carboxylic acids is 2. The van der Waals surface area contributed by atoms with Crippen LogP contribution in [-0.4, -0.2) is 44.3 Å². The minimum absolute atomic E-state index is 0.0630. The number of nitrogens with one attached hydrogen (secondary N) is 1. The molecule has 0 atom stereocenters. The number of carbonyl (C=O) groups is 2. The van der Waals surface area contributed by atoms with Gasteiger partial charge < -0.3 is 10.2 Å². The van der Waals surface area contributed by atoms with E-state index >= 15 is 0 Å². The molecular weight excluding hydrogens is 384 g/mol. The van der Waals surface area contributed by atoms with Gasteiger partial charge in [0.05, 0.1) is 6.54 Å². The van der Waals surface area contributed by atoms with Crippen molar-refractivity contribution in [3.8, 4) is 0 Å². The van der Waals surface area contributed by atoms with E-state index in [1.165, 1.54) is 17.5 Å². The van der Waals surface area contributed by atoms with Crippen molar-refractivity contribution >= 4 is 17.8 Å². The summed E-state index contributed by atoms with van der Waals surface area (Å²) in [5.41, 5.74) is 6.88. The average Bonchev–Trinajstić information content (AvgIpc) is 3.17. The summed E-state index contributed by atoms with van der Waals surface area (Å²) in [5.74, 6) is 0.554. The Hall–Kier alpha value is -2.72. The lowest BCUT2D eigenvalue weighted by atomic mass is 9.94. The van der Waals surface area contributed by atoms with E-state index in [1.54, 1.807) is 35.4 Å². The molecule has 1 amide bonds. The number of ketones is 1. The van der Waals surface area contributed by atoms with Crippen molar-refractivity contribution in [2.75, 3.05) is 27.2 Å². The average molecular weight is 423 g/mol. The van der Waals surface area contributed by atoms with Crippen LogP contribution in [0, 0.1) is 5.92 Å². The lowest BCUT2D eigenvalue weighted by Crippen LogP contribution is -2.21. The van der Waals surface area contributed by atoms with Crippen LogP contribution < -0.4 is 5.32 Å². The maximum atomic E-state index is 11.2. The van der Waals surface area contributed by atoms with E-state index in [0.717, 1.165) is 13.0 Å². The minimum Gasteiger partial charge on any atom is -0.351 e. The van der Waals surface area contributed by atoms with Crippen LogP contribution in [0.25, 0.3) is 5.57 Å². The smallest absolute Gasteiger partial charge is 0.207 e. The predicted molar refractivity (Wildman–Crippen MR) is 131 cm³/mol. The number of hydrogen-bond acceptors (Lipinski definition) is 3. The molecule has 0 saturated carbocycles. The summed E-state index contributed by atoms with van der Waals surface area (Å²) in [5, 5.41) is 2.32. The summed E-state index contributed by atoms with van der Waals surface area (Å²) in [6.07, 6.45) is 2.88. The fraction of sp³-hybridized carbons (Fsp3) is 0.407. The topological polar surface area (TPSA) is 49.4 Å². The highest BCUT2D eigenvalue weighted by molar-refractivity contribution is 5.98. The Morgan fingerprint density at radius 3 is 2.23 bits per heavy atom. The first-order valence-electron chi connectivity index (χ1n) is 11.1. The molecule has 0 bridgehead atoms. The quantitative estimate of drug-likeness (QED) is 0.467. The van der Waals surface area contributed by atoms with E-state index in [1.807, 2.05) is 19.9 Å². The van der Waals surface area contributed by atoms with Crippen LogP contribution in [0.5, 0.6) is 0 Å². The molecule has 1 aliphatic carbocycles. The number of allylic oxidation sites excluding steroid dienone is 1. The van der Waals surface area contributed by atoms with Crippen LogP contribution >= 0.6 is 0 Å². The summed E-state index contributed by atoms with van der Waals surface area (Å²) in [6, 6.07) is 17.7. The predicted octanol–water partition coefficient (Wildman–Crippen LogP) is 5.25. The molecule has 0 aromatic heterocycles. The van der Waals surface area contributed by atoms with Crippen LogP contribution in [0.3, 0.4) is 0 Å². The van der Waals surface area contributed by atoms with Crippen molar-refractivity contribution in [2.45, 2.75) is 40.5 Å². The van der Waals surface area contributed by atoms with Gasteiger partial charge in [0.2, 0.25) is 6.41 Å². The summed E-state index contributed by atoms with van der Waals surface area (Å²) in [4.78, 5) is 23.3. The van der Waals surface area contributed by atoms with Gasteiger partial charge >= 0.3 is 0 Å².